The Hall–Kier alpha value is -1.72. The van der Waals surface area contributed by atoms with Gasteiger partial charge in [-0.1, -0.05) is 0 Å². The summed E-state index contributed by atoms with van der Waals surface area (Å²) < 4.78 is 48.8. The molecule has 0 saturated carbocycles. The predicted molar refractivity (Wildman–Crippen MR) is 97.7 cm³/mol. The van der Waals surface area contributed by atoms with Crippen LogP contribution in [0.5, 0.6) is 0 Å². The molecule has 1 heterocycles. The Morgan fingerprint density at radius 2 is 2.00 bits per heavy atom. The summed E-state index contributed by atoms with van der Waals surface area (Å²) in [7, 11) is -5.02. The summed E-state index contributed by atoms with van der Waals surface area (Å²) in [5.74, 6) is 0.560. The first-order chi connectivity index (χ1) is 11.6. The van der Waals surface area contributed by atoms with Crippen LogP contribution in [-0.4, -0.2) is 66.0 Å². The second kappa shape index (κ2) is 9.68. The quantitative estimate of drug-likeness (QED) is 0.290. The number of hydrogen-bond acceptors (Lipinski definition) is 6. The standard InChI is InChI=1S/C14H25N5O4S2/c1-12(6-10-24(3,20)21)19-14(15-2)17-8-9-18-25(22,23)13-5-4-7-16-11-13/h4-5,7,11-12,18H,6,8-10H2,1-3H3,(H2,15,17,19). The van der Waals surface area contributed by atoms with Crippen LogP contribution in [0.25, 0.3) is 0 Å². The van der Waals surface area contributed by atoms with Crippen LogP contribution in [0.2, 0.25) is 0 Å². The van der Waals surface area contributed by atoms with Gasteiger partial charge in [0.25, 0.3) is 0 Å². The van der Waals surface area contributed by atoms with E-state index in [0.717, 1.165) is 0 Å². The number of pyridine rings is 1. The van der Waals surface area contributed by atoms with Crippen LogP contribution in [0.1, 0.15) is 13.3 Å². The fraction of sp³-hybridized carbons (Fsp3) is 0.571. The van der Waals surface area contributed by atoms with E-state index in [-0.39, 0.29) is 23.2 Å². The molecule has 0 radical (unpaired) electrons. The first-order valence-electron chi connectivity index (χ1n) is 7.68. The van der Waals surface area contributed by atoms with Crippen molar-refractivity contribution in [3.8, 4) is 0 Å². The van der Waals surface area contributed by atoms with E-state index in [1.807, 2.05) is 6.92 Å². The van der Waals surface area contributed by atoms with Gasteiger partial charge in [-0.25, -0.2) is 21.6 Å². The van der Waals surface area contributed by atoms with Crippen molar-refractivity contribution in [3.63, 3.8) is 0 Å². The van der Waals surface area contributed by atoms with E-state index >= 15 is 0 Å². The summed E-state index contributed by atoms with van der Waals surface area (Å²) in [4.78, 5) is 7.91. The SMILES string of the molecule is CN=C(NCCNS(=O)(=O)c1cccnc1)NC(C)CCS(C)(=O)=O. The molecule has 11 heteroatoms. The Morgan fingerprint density at radius 1 is 1.28 bits per heavy atom. The lowest BCUT2D eigenvalue weighted by Gasteiger charge is -2.17. The molecule has 1 aromatic rings. The molecule has 3 N–H and O–H groups in total. The van der Waals surface area contributed by atoms with Crippen LogP contribution in [-0.2, 0) is 19.9 Å². The first-order valence-corrected chi connectivity index (χ1v) is 11.2. The van der Waals surface area contributed by atoms with Crippen LogP contribution in [0.3, 0.4) is 0 Å². The highest BCUT2D eigenvalue weighted by Crippen LogP contribution is 2.04. The van der Waals surface area contributed by atoms with Gasteiger partial charge in [-0.2, -0.15) is 0 Å². The fourth-order valence-corrected chi connectivity index (χ4v) is 3.62. The van der Waals surface area contributed by atoms with Crippen molar-refractivity contribution in [3.05, 3.63) is 24.5 Å². The summed E-state index contributed by atoms with van der Waals surface area (Å²) in [5.41, 5.74) is 0. The van der Waals surface area contributed by atoms with Crippen molar-refractivity contribution in [2.75, 3.05) is 32.1 Å². The number of hydrogen-bond donors (Lipinski definition) is 3. The minimum Gasteiger partial charge on any atom is -0.355 e. The van der Waals surface area contributed by atoms with Crippen LogP contribution in [0.4, 0.5) is 0 Å². The molecule has 1 unspecified atom stereocenters. The molecule has 0 aliphatic rings. The summed E-state index contributed by atoms with van der Waals surface area (Å²) >= 11 is 0. The maximum Gasteiger partial charge on any atom is 0.242 e. The monoisotopic (exact) mass is 391 g/mol. The van der Waals surface area contributed by atoms with Crippen LogP contribution in [0.15, 0.2) is 34.4 Å². The van der Waals surface area contributed by atoms with Gasteiger partial charge in [0.2, 0.25) is 10.0 Å². The number of rotatable bonds is 9. The molecule has 0 spiro atoms. The molecule has 0 amide bonds. The van der Waals surface area contributed by atoms with E-state index in [2.05, 4.69) is 25.3 Å². The molecule has 0 aliphatic carbocycles. The third-order valence-electron chi connectivity index (χ3n) is 3.18. The lowest BCUT2D eigenvalue weighted by atomic mass is 10.3. The number of aromatic nitrogens is 1. The van der Waals surface area contributed by atoms with E-state index in [4.69, 9.17) is 0 Å². The van der Waals surface area contributed by atoms with Crippen molar-refractivity contribution < 1.29 is 16.8 Å². The Labute approximate surface area is 149 Å². The van der Waals surface area contributed by atoms with Crippen LogP contribution >= 0.6 is 0 Å². The normalized spacial score (nSPS) is 14.1. The molecule has 0 fully saturated rings. The minimum atomic E-state index is -3.59. The van der Waals surface area contributed by atoms with Gasteiger partial charge in [0.15, 0.2) is 5.96 Å². The van der Waals surface area contributed by atoms with Crippen molar-refractivity contribution >= 4 is 25.8 Å². The lowest BCUT2D eigenvalue weighted by Crippen LogP contribution is -2.45. The zero-order valence-corrected chi connectivity index (χ0v) is 16.2. The second-order valence-corrected chi connectivity index (χ2v) is 9.58. The number of guanidine groups is 1. The molecule has 1 rings (SSSR count). The van der Waals surface area contributed by atoms with E-state index < -0.39 is 19.9 Å². The Kier molecular flexibility index (Phi) is 8.26. The average Bonchev–Trinajstić information content (AvgIpc) is 2.56. The number of sulfone groups is 1. The number of aliphatic imine (C=N–C) groups is 1. The van der Waals surface area contributed by atoms with E-state index in [9.17, 15) is 16.8 Å². The third kappa shape index (κ3) is 8.79. The number of nitrogens with zero attached hydrogens (tertiary/aromatic N) is 2. The first kappa shape index (κ1) is 21.3. The van der Waals surface area contributed by atoms with Crippen LogP contribution in [0, 0.1) is 0 Å². The van der Waals surface area contributed by atoms with Crippen molar-refractivity contribution in [2.45, 2.75) is 24.3 Å². The number of nitrogens with one attached hydrogen (secondary N) is 3. The molecule has 1 atom stereocenters. The third-order valence-corrected chi connectivity index (χ3v) is 5.61. The predicted octanol–water partition coefficient (Wildman–Crippen LogP) is -0.652. The largest absolute Gasteiger partial charge is 0.355 e. The Bertz CT molecular complexity index is 764. The molecule has 25 heavy (non-hydrogen) atoms. The highest BCUT2D eigenvalue weighted by atomic mass is 32.2. The number of sulfonamides is 1. The van der Waals surface area contributed by atoms with Gasteiger partial charge < -0.3 is 10.6 Å². The van der Waals surface area contributed by atoms with Crippen molar-refractivity contribution in [1.82, 2.24) is 20.3 Å². The molecule has 0 aromatic carbocycles. The Balaban J connectivity index is 2.38. The molecular formula is C14H25N5O4S2. The summed E-state index contributed by atoms with van der Waals surface area (Å²) in [5, 5.41) is 6.02. The van der Waals surface area contributed by atoms with Crippen molar-refractivity contribution in [2.24, 2.45) is 4.99 Å². The highest BCUT2D eigenvalue weighted by molar-refractivity contribution is 7.90. The maximum atomic E-state index is 12.0. The van der Waals surface area contributed by atoms with Crippen LogP contribution < -0.4 is 15.4 Å². The van der Waals surface area contributed by atoms with Gasteiger partial charge >= 0.3 is 0 Å². The van der Waals surface area contributed by atoms with E-state index in [1.54, 1.807) is 13.1 Å². The minimum absolute atomic E-state index is 0.0864. The summed E-state index contributed by atoms with van der Waals surface area (Å²) in [6.07, 6.45) is 4.43. The summed E-state index contributed by atoms with van der Waals surface area (Å²) in [6.45, 7) is 2.33. The zero-order chi connectivity index (χ0) is 18.9. The van der Waals surface area contributed by atoms with Gasteiger partial charge in [0.1, 0.15) is 14.7 Å². The molecule has 1 aromatic heterocycles. The smallest absolute Gasteiger partial charge is 0.242 e. The van der Waals surface area contributed by atoms with Gasteiger partial charge in [-0.15, -0.1) is 0 Å². The molecule has 9 nitrogen and oxygen atoms in total. The zero-order valence-electron chi connectivity index (χ0n) is 14.6. The van der Waals surface area contributed by atoms with Gasteiger partial charge in [0.05, 0.1) is 5.75 Å². The molecular weight excluding hydrogens is 366 g/mol. The molecule has 0 aliphatic heterocycles. The molecule has 142 valence electrons. The van der Waals surface area contributed by atoms with Gasteiger partial charge in [-0.3, -0.25) is 9.98 Å². The Morgan fingerprint density at radius 3 is 2.56 bits per heavy atom. The highest BCUT2D eigenvalue weighted by Gasteiger charge is 2.13. The fourth-order valence-electron chi connectivity index (χ4n) is 1.85. The lowest BCUT2D eigenvalue weighted by molar-refractivity contribution is 0.577. The molecule has 0 saturated heterocycles. The summed E-state index contributed by atoms with van der Waals surface area (Å²) in [6, 6.07) is 2.93. The molecule has 0 bridgehead atoms. The van der Waals surface area contributed by atoms with E-state index in [1.165, 1.54) is 24.7 Å². The average molecular weight is 392 g/mol. The topological polar surface area (TPSA) is 130 Å². The second-order valence-electron chi connectivity index (χ2n) is 5.55. The van der Waals surface area contributed by atoms with Gasteiger partial charge in [0, 0.05) is 44.8 Å². The van der Waals surface area contributed by atoms with Gasteiger partial charge in [-0.05, 0) is 25.5 Å². The maximum absolute atomic E-state index is 12.0. The van der Waals surface area contributed by atoms with Crippen molar-refractivity contribution in [1.29, 1.82) is 0 Å². The van der Waals surface area contributed by atoms with E-state index in [0.29, 0.717) is 18.9 Å².